The SMILES string of the molecule is Cc1cc(OCCCN=[N+]=[N-])cc(C)c1Cl. The second-order valence-corrected chi connectivity index (χ2v) is 3.91. The first-order valence-electron chi connectivity index (χ1n) is 5.05. The minimum Gasteiger partial charge on any atom is -0.494 e. The van der Waals surface area contributed by atoms with Crippen LogP contribution in [0.15, 0.2) is 17.2 Å². The molecule has 0 atom stereocenters. The number of ether oxygens (including phenoxy) is 1. The minimum absolute atomic E-state index is 0.460. The fourth-order valence-electron chi connectivity index (χ4n) is 1.36. The Kier molecular flexibility index (Phi) is 4.96. The molecule has 0 heterocycles. The number of hydrogen-bond donors (Lipinski definition) is 0. The van der Waals surface area contributed by atoms with Gasteiger partial charge in [0.2, 0.25) is 0 Å². The molecule has 86 valence electrons. The molecule has 0 aromatic heterocycles. The molecule has 1 rings (SSSR count). The molecule has 0 aliphatic carbocycles. The highest BCUT2D eigenvalue weighted by Gasteiger charge is 2.02. The Hall–Kier alpha value is -1.38. The fourth-order valence-corrected chi connectivity index (χ4v) is 1.47. The lowest BCUT2D eigenvalue weighted by molar-refractivity contribution is 0.313. The summed E-state index contributed by atoms with van der Waals surface area (Å²) in [5, 5.41) is 4.21. The Morgan fingerprint density at radius 3 is 2.56 bits per heavy atom. The average Bonchev–Trinajstić information content (AvgIpc) is 2.25. The number of hydrogen-bond acceptors (Lipinski definition) is 2. The maximum Gasteiger partial charge on any atom is 0.119 e. The standard InChI is InChI=1S/C11H14ClN3O/c1-8-6-10(7-9(2)11(8)12)16-5-3-4-14-15-13/h6-7H,3-5H2,1-2H3. The van der Waals surface area contributed by atoms with Crippen molar-refractivity contribution in [2.24, 2.45) is 5.11 Å². The monoisotopic (exact) mass is 239 g/mol. The summed E-state index contributed by atoms with van der Waals surface area (Å²) in [4.78, 5) is 2.67. The van der Waals surface area contributed by atoms with Gasteiger partial charge in [0.1, 0.15) is 5.75 Å². The van der Waals surface area contributed by atoms with Gasteiger partial charge in [-0.15, -0.1) is 0 Å². The molecule has 0 aliphatic rings. The quantitative estimate of drug-likeness (QED) is 0.331. The molecule has 1 aromatic carbocycles. The Balaban J connectivity index is 2.51. The Morgan fingerprint density at radius 2 is 2.00 bits per heavy atom. The Labute approximate surface area is 99.8 Å². The van der Waals surface area contributed by atoms with E-state index in [1.807, 2.05) is 26.0 Å². The van der Waals surface area contributed by atoms with Crippen molar-refractivity contribution < 1.29 is 4.74 Å². The third kappa shape index (κ3) is 3.65. The highest BCUT2D eigenvalue weighted by Crippen LogP contribution is 2.25. The van der Waals surface area contributed by atoms with Crippen molar-refractivity contribution in [1.29, 1.82) is 0 Å². The molecular weight excluding hydrogens is 226 g/mol. The summed E-state index contributed by atoms with van der Waals surface area (Å²) in [6.07, 6.45) is 0.713. The Bertz CT molecular complexity index is 391. The van der Waals surface area contributed by atoms with Crippen LogP contribution in [0.4, 0.5) is 0 Å². The van der Waals surface area contributed by atoms with Crippen molar-refractivity contribution >= 4 is 11.6 Å². The highest BCUT2D eigenvalue weighted by molar-refractivity contribution is 6.32. The molecule has 5 heteroatoms. The number of rotatable bonds is 5. The van der Waals surface area contributed by atoms with E-state index < -0.39 is 0 Å². The molecule has 0 aliphatic heterocycles. The van der Waals surface area contributed by atoms with Crippen LogP contribution in [0.2, 0.25) is 5.02 Å². The van der Waals surface area contributed by atoms with E-state index >= 15 is 0 Å². The largest absolute Gasteiger partial charge is 0.494 e. The topological polar surface area (TPSA) is 58.0 Å². The molecule has 16 heavy (non-hydrogen) atoms. The lowest BCUT2D eigenvalue weighted by atomic mass is 10.1. The number of aryl methyl sites for hydroxylation is 2. The van der Waals surface area contributed by atoms with Crippen molar-refractivity contribution in [3.8, 4) is 5.75 Å². The van der Waals surface area contributed by atoms with Crippen LogP contribution in [0.5, 0.6) is 5.75 Å². The van der Waals surface area contributed by atoms with Gasteiger partial charge in [0.25, 0.3) is 0 Å². The molecule has 4 nitrogen and oxygen atoms in total. The molecular formula is C11H14ClN3O. The molecule has 0 N–H and O–H groups in total. The van der Waals surface area contributed by atoms with E-state index in [1.165, 1.54) is 0 Å². The van der Waals surface area contributed by atoms with Gasteiger partial charge in [0.05, 0.1) is 6.61 Å². The van der Waals surface area contributed by atoms with Gasteiger partial charge < -0.3 is 4.74 Å². The van der Waals surface area contributed by atoms with Gasteiger partial charge in [-0.3, -0.25) is 0 Å². The highest BCUT2D eigenvalue weighted by atomic mass is 35.5. The second-order valence-electron chi connectivity index (χ2n) is 3.53. The number of nitrogens with zero attached hydrogens (tertiary/aromatic N) is 3. The van der Waals surface area contributed by atoms with Gasteiger partial charge in [-0.1, -0.05) is 16.7 Å². The van der Waals surface area contributed by atoms with Gasteiger partial charge >= 0.3 is 0 Å². The van der Waals surface area contributed by atoms with Crippen molar-refractivity contribution in [2.75, 3.05) is 13.2 Å². The Morgan fingerprint density at radius 1 is 1.38 bits per heavy atom. The van der Waals surface area contributed by atoms with Crippen LogP contribution < -0.4 is 4.74 Å². The van der Waals surface area contributed by atoms with Crippen LogP contribution in [0.1, 0.15) is 17.5 Å². The minimum atomic E-state index is 0.460. The third-order valence-corrected chi connectivity index (χ3v) is 2.74. The van der Waals surface area contributed by atoms with E-state index in [1.54, 1.807) is 0 Å². The first kappa shape index (κ1) is 12.7. The van der Waals surface area contributed by atoms with Crippen molar-refractivity contribution in [3.05, 3.63) is 38.7 Å². The molecule has 0 amide bonds. The van der Waals surface area contributed by atoms with Gasteiger partial charge in [0.15, 0.2) is 0 Å². The first-order valence-corrected chi connectivity index (χ1v) is 5.43. The zero-order valence-corrected chi connectivity index (χ0v) is 10.2. The van der Waals surface area contributed by atoms with Gasteiger partial charge in [-0.05, 0) is 49.1 Å². The summed E-state index contributed by atoms with van der Waals surface area (Å²) in [6.45, 7) is 4.89. The fraction of sp³-hybridized carbons (Fsp3) is 0.455. The predicted octanol–water partition coefficient (Wildman–Crippen LogP) is 4.04. The number of halogens is 1. The molecule has 1 aromatic rings. The predicted molar refractivity (Wildman–Crippen MR) is 65.1 cm³/mol. The molecule has 0 fully saturated rings. The van der Waals surface area contributed by atoms with Crippen molar-refractivity contribution in [2.45, 2.75) is 20.3 Å². The third-order valence-electron chi connectivity index (χ3n) is 2.14. The van der Waals surface area contributed by atoms with E-state index in [0.29, 0.717) is 19.6 Å². The lowest BCUT2D eigenvalue weighted by Gasteiger charge is -2.09. The number of azide groups is 1. The summed E-state index contributed by atoms with van der Waals surface area (Å²) in [5.74, 6) is 0.806. The van der Waals surface area contributed by atoms with Crippen LogP contribution >= 0.6 is 11.6 Å². The second kappa shape index (κ2) is 6.26. The molecule has 0 unspecified atom stereocenters. The molecule has 0 bridgehead atoms. The van der Waals surface area contributed by atoms with E-state index in [4.69, 9.17) is 21.9 Å². The molecule has 0 saturated carbocycles. The zero-order chi connectivity index (χ0) is 12.0. The normalized spacial score (nSPS) is 9.69. The summed E-state index contributed by atoms with van der Waals surface area (Å²) < 4.78 is 5.53. The molecule has 0 radical (unpaired) electrons. The van der Waals surface area contributed by atoms with Gasteiger partial charge in [0, 0.05) is 16.5 Å². The molecule has 0 spiro atoms. The van der Waals surface area contributed by atoms with Crippen LogP contribution in [0.25, 0.3) is 10.4 Å². The van der Waals surface area contributed by atoms with Crippen LogP contribution in [0.3, 0.4) is 0 Å². The van der Waals surface area contributed by atoms with Crippen LogP contribution in [0, 0.1) is 13.8 Å². The van der Waals surface area contributed by atoms with E-state index in [-0.39, 0.29) is 0 Å². The first-order chi connectivity index (χ1) is 7.65. The maximum absolute atomic E-state index is 8.09. The van der Waals surface area contributed by atoms with E-state index in [0.717, 1.165) is 21.9 Å². The lowest BCUT2D eigenvalue weighted by Crippen LogP contribution is -1.99. The van der Waals surface area contributed by atoms with E-state index in [2.05, 4.69) is 10.0 Å². The van der Waals surface area contributed by atoms with Gasteiger partial charge in [-0.2, -0.15) is 0 Å². The van der Waals surface area contributed by atoms with E-state index in [9.17, 15) is 0 Å². The zero-order valence-electron chi connectivity index (χ0n) is 9.40. The smallest absolute Gasteiger partial charge is 0.119 e. The van der Waals surface area contributed by atoms with Crippen LogP contribution in [-0.4, -0.2) is 13.2 Å². The van der Waals surface area contributed by atoms with Crippen molar-refractivity contribution in [1.82, 2.24) is 0 Å². The summed E-state index contributed by atoms with van der Waals surface area (Å²) >= 11 is 6.04. The average molecular weight is 240 g/mol. The summed E-state index contributed by atoms with van der Waals surface area (Å²) in [7, 11) is 0. The van der Waals surface area contributed by atoms with Crippen LogP contribution in [-0.2, 0) is 0 Å². The maximum atomic E-state index is 8.09. The summed E-state index contributed by atoms with van der Waals surface area (Å²) in [6, 6.07) is 3.81. The summed E-state index contributed by atoms with van der Waals surface area (Å²) in [5.41, 5.74) is 10.1. The molecule has 0 saturated heterocycles. The number of benzene rings is 1. The van der Waals surface area contributed by atoms with Crippen molar-refractivity contribution in [3.63, 3.8) is 0 Å². The van der Waals surface area contributed by atoms with Gasteiger partial charge in [-0.25, -0.2) is 0 Å².